The van der Waals surface area contributed by atoms with Gasteiger partial charge in [0.1, 0.15) is 70.7 Å². The van der Waals surface area contributed by atoms with Gasteiger partial charge in [0.25, 0.3) is 0 Å². The molecule has 0 unspecified atom stereocenters. The summed E-state index contributed by atoms with van der Waals surface area (Å²) >= 11 is 91.7. The Labute approximate surface area is 874 Å². The van der Waals surface area contributed by atoms with Gasteiger partial charge >= 0.3 is 41.5 Å². The Balaban J connectivity index is 0.000000211. The third-order valence-electron chi connectivity index (χ3n) is 15.6. The number of ether oxygens (including phenoxy) is 2. The number of thiocarbonyl (C=S) groups is 1. The number of ketones is 1. The van der Waals surface area contributed by atoms with Crippen molar-refractivity contribution in [1.82, 2.24) is 95.9 Å². The predicted octanol–water partition coefficient (Wildman–Crippen LogP) is 20.2. The third-order valence-corrected chi connectivity index (χ3v) is 26.2. The van der Waals surface area contributed by atoms with Crippen LogP contribution in [0.25, 0.3) is 88.4 Å². The van der Waals surface area contributed by atoms with Crippen molar-refractivity contribution >= 4 is 301 Å². The molecule has 0 bridgehead atoms. The van der Waals surface area contributed by atoms with Gasteiger partial charge in [-0.1, -0.05) is 204 Å². The molecular weight excluding hydrogens is 2270 g/mol. The molecule has 0 saturated carbocycles. The van der Waals surface area contributed by atoms with E-state index in [4.69, 9.17) is 171 Å². The van der Waals surface area contributed by atoms with Crippen LogP contribution in [0.5, 0.6) is 0 Å². The maximum atomic E-state index is 12.0. The van der Waals surface area contributed by atoms with Gasteiger partial charge in [0.05, 0.1) is 104 Å². The number of hydrogen-bond acceptors (Lipinski definition) is 34. The molecule has 0 aliphatic heterocycles. The van der Waals surface area contributed by atoms with E-state index in [1.54, 1.807) is 145 Å². The molecule has 6 aromatic carbocycles. The molecule has 666 valence electrons. The summed E-state index contributed by atoms with van der Waals surface area (Å²) in [5, 5.41) is 72.6. The second-order valence-electron chi connectivity index (χ2n) is 23.9. The average Bonchev–Trinajstić information content (AvgIpc) is 1.65. The Kier molecular flexibility index (Phi) is 43.8. The standard InChI is InChI=1S/C18H13Cl2N7O2S.C11H6BrCl2N5S.C10H4BrCl2N5S.C10H3BrCl2N2S.C10H5Cl2N3S.C9H5Cl2NO.C7H8N2O2.CH4N2S.Na.H2O/c1-27-16(24-25-26-27)14-13(9-5-6-11(19)12(20)8-9)22-18(30-14)23-15-10(17(28)29-2)4-3-7-21-15;1-19-10(16-17-18-19)9-8(15-11(12)20-9)5-2-3-6(13)7(14)4-5;11-10-14-7(4-1-2-5(12)6(13)3-4)8(19-10)9-15-17-18-16-9;11-10-15-9(8(4-14)16-10)5-1-2-6(12)7(13)3-5;11-6-2-1-5(3-7(6)12)9-8(4-13)16-10(14)15-9;10-7-2-1-6(5-8(7)11)9(13)3-4-12;1-11-7(10)5-3-2-4-9-6(5)8;2-1(3)4;;/h3-8H,1-2H3,(H,21,22,23);2-4H,1H3;1-3H,(H,15,16,17,18);1-3H;1-3H,(H2,14,15);1-2,5H,3H2;2-4H,1H3,(H2,8,9);(H4,2,3,4);;1H2/q;;;;;;;;+1;/p-1. The van der Waals surface area contributed by atoms with E-state index >= 15 is 0 Å². The number of thiazole rings is 5. The number of carbonyl (C=O) groups is 3. The summed E-state index contributed by atoms with van der Waals surface area (Å²) in [4.78, 5) is 67.4. The van der Waals surface area contributed by atoms with Gasteiger partial charge in [-0.2, -0.15) is 21.0 Å². The number of nitriles is 3. The minimum absolute atomic E-state index is 0. The SMILES string of the molecule is COC(=O)c1cccnc1N.COC(=O)c1cccnc1Nc1nc(-c2ccc(Cl)c(Cl)c2)c(-c2nnnn2C)s1.Clc1ccc(-c2nc(Br)sc2-c2nn[nH]n2)cc1Cl.Cn1nnnc1-c1sc(Br)nc1-c1ccc(Cl)c(Cl)c1.N#CCC(=O)c1ccc(Cl)c(Cl)c1.N#Cc1sc(Br)nc1-c1ccc(Cl)c(Cl)c1.N#Cc1sc(N)nc1-c1ccc(Cl)c(Cl)c1.NC(N)=S.[Na+].[OH-]. The second-order valence-corrected chi connectivity index (χ2v) is 38.2. The van der Waals surface area contributed by atoms with E-state index in [2.05, 4.69) is 174 Å². The number of halogens is 15. The van der Waals surface area contributed by atoms with Crippen LogP contribution >= 0.6 is 256 Å². The van der Waals surface area contributed by atoms with Gasteiger partial charge in [0, 0.05) is 59.9 Å². The number of nitrogens with two attached hydrogens (primary N) is 4. The molecule has 0 atom stereocenters. The van der Waals surface area contributed by atoms with Crippen LogP contribution in [0.2, 0.25) is 60.3 Å². The zero-order chi connectivity index (χ0) is 94.0. The largest absolute Gasteiger partial charge is 1.00 e. The first-order valence-corrected chi connectivity index (χ1v) is 46.0. The fourth-order valence-corrected chi connectivity index (χ4v) is 17.5. The van der Waals surface area contributed by atoms with E-state index in [9.17, 15) is 14.4 Å². The average molecular weight is 2320 g/mol. The van der Waals surface area contributed by atoms with Crippen molar-refractivity contribution in [1.29, 1.82) is 15.8 Å². The number of nitrogens with one attached hydrogen (secondary N) is 2. The van der Waals surface area contributed by atoms with Crippen molar-refractivity contribution in [3.63, 3.8) is 0 Å². The number of H-pyrrole nitrogens is 1. The fourth-order valence-electron chi connectivity index (χ4n) is 9.92. The molecule has 16 aromatic rings. The number of pyridine rings is 2. The number of nitrogens with zero attached hydrogens (tertiary/aromatic N) is 21. The second kappa shape index (κ2) is 52.6. The number of esters is 2. The number of rotatable bonds is 14. The quantitative estimate of drug-likeness (QED) is 0.0255. The number of tetrazole rings is 3. The van der Waals surface area contributed by atoms with Crippen molar-refractivity contribution < 1.29 is 58.9 Å². The van der Waals surface area contributed by atoms with E-state index in [1.165, 1.54) is 77.9 Å². The number of anilines is 4. The van der Waals surface area contributed by atoms with Crippen molar-refractivity contribution in [2.45, 2.75) is 6.42 Å². The van der Waals surface area contributed by atoms with Gasteiger partial charge < -0.3 is 43.2 Å². The summed E-state index contributed by atoms with van der Waals surface area (Å²) in [7, 11) is 6.12. The minimum atomic E-state index is -0.510. The van der Waals surface area contributed by atoms with E-state index in [0.717, 1.165) is 68.1 Å². The predicted molar refractivity (Wildman–Crippen MR) is 526 cm³/mol. The summed E-state index contributed by atoms with van der Waals surface area (Å²) in [6, 6.07) is 43.1. The first-order valence-electron chi connectivity index (χ1n) is 34.6. The molecule has 33 nitrogen and oxygen atoms in total. The van der Waals surface area contributed by atoms with Crippen LogP contribution in [-0.4, -0.2) is 138 Å². The molecule has 0 radical (unpaired) electrons. The number of Topliss-reactive ketones (excluding diaryl/α,β-unsaturated/α-hetero) is 1. The molecule has 131 heavy (non-hydrogen) atoms. The van der Waals surface area contributed by atoms with Crippen LogP contribution in [0, 0.1) is 34.0 Å². The molecule has 0 saturated heterocycles. The molecule has 0 spiro atoms. The first-order chi connectivity index (χ1) is 61.5. The van der Waals surface area contributed by atoms with Crippen molar-refractivity contribution in [3.05, 3.63) is 244 Å². The molecule has 0 amide bonds. The maximum absolute atomic E-state index is 12.0. The van der Waals surface area contributed by atoms with Gasteiger partial charge in [-0.25, -0.2) is 53.8 Å². The van der Waals surface area contributed by atoms with E-state index in [-0.39, 0.29) is 63.7 Å². The normalized spacial score (nSPS) is 10.1. The molecule has 0 aliphatic rings. The smallest absolute Gasteiger partial charge is 0.870 e. The summed E-state index contributed by atoms with van der Waals surface area (Å²) in [6.45, 7) is 0. The van der Waals surface area contributed by atoms with E-state index in [0.29, 0.717) is 141 Å². The molecule has 10 heterocycles. The molecule has 0 fully saturated rings. The van der Waals surface area contributed by atoms with Gasteiger partial charge in [-0.15, -0.1) is 43.1 Å². The van der Waals surface area contributed by atoms with E-state index in [1.807, 2.05) is 18.2 Å². The summed E-state index contributed by atoms with van der Waals surface area (Å²) in [5.74, 6) is 0.955. The Morgan fingerprint density at radius 3 is 1.29 bits per heavy atom. The number of nitrogen functional groups attached to an aromatic ring is 2. The van der Waals surface area contributed by atoms with Gasteiger partial charge in [-0.3, -0.25) is 4.79 Å². The van der Waals surface area contributed by atoms with Gasteiger partial charge in [0.2, 0.25) is 5.82 Å². The Hall–Kier alpha value is -8.97. The maximum Gasteiger partial charge on any atom is 1.00 e. The fraction of sp³-hybridized carbons (Fsp3) is 0.0658. The van der Waals surface area contributed by atoms with Crippen LogP contribution in [-0.2, 0) is 23.6 Å². The molecular formula is C76H49Br3Cl12N27NaO6S6. The van der Waals surface area contributed by atoms with Crippen molar-refractivity contribution in [2.24, 2.45) is 25.6 Å². The van der Waals surface area contributed by atoms with Crippen LogP contribution in [0.4, 0.5) is 21.9 Å². The monoisotopic (exact) mass is 2310 g/mol. The molecule has 11 N–H and O–H groups in total. The number of hydrogen-bond donors (Lipinski definition) is 6. The molecule has 0 aliphatic carbocycles. The number of benzene rings is 6. The van der Waals surface area contributed by atoms with Gasteiger partial charge in [0.15, 0.2) is 44.6 Å². The topological polar surface area (TPSA) is 519 Å². The summed E-state index contributed by atoms with van der Waals surface area (Å²) in [6.07, 6.45) is 2.94. The van der Waals surface area contributed by atoms with Crippen molar-refractivity contribution in [3.8, 4) is 107 Å². The summed E-state index contributed by atoms with van der Waals surface area (Å²) in [5.41, 5.74) is 28.4. The Bertz CT molecular complexity index is 6790. The molecule has 10 aromatic heterocycles. The van der Waals surface area contributed by atoms with E-state index < -0.39 is 11.9 Å². The zero-order valence-corrected chi connectivity index (χ0v) is 87.1. The van der Waals surface area contributed by atoms with Crippen LogP contribution in [0.3, 0.4) is 0 Å². The number of aromatic amines is 1. The molecule has 16 rings (SSSR count). The number of aromatic nitrogens is 19. The van der Waals surface area contributed by atoms with Crippen LogP contribution < -0.4 is 57.8 Å². The van der Waals surface area contributed by atoms with Crippen LogP contribution in [0.15, 0.2) is 158 Å². The minimum Gasteiger partial charge on any atom is -0.870 e. The first kappa shape index (κ1) is 109. The number of aryl methyl sites for hydroxylation is 2. The van der Waals surface area contributed by atoms with Crippen LogP contribution in [0.1, 0.15) is 47.2 Å². The number of methoxy groups -OCH3 is 2. The third kappa shape index (κ3) is 30.5. The Morgan fingerprint density at radius 2 is 0.878 bits per heavy atom. The zero-order valence-electron chi connectivity index (χ0n) is 66.4. The van der Waals surface area contributed by atoms with Gasteiger partial charge in [-0.05, 0) is 189 Å². The van der Waals surface area contributed by atoms with Crippen molar-refractivity contribution in [2.75, 3.05) is 31.0 Å². The number of carbonyl (C=O) groups excluding carboxylic acids is 3. The summed E-state index contributed by atoms with van der Waals surface area (Å²) < 4.78 is 14.6. The Morgan fingerprint density at radius 1 is 0.496 bits per heavy atom. The molecule has 55 heteroatoms.